The Morgan fingerprint density at radius 1 is 1.31 bits per heavy atom. The van der Waals surface area contributed by atoms with E-state index >= 15 is 0 Å². The molecule has 0 aliphatic rings. The molecular weight excluding hydrogens is 162 g/mol. The fourth-order valence-corrected chi connectivity index (χ4v) is 1.44. The van der Waals surface area contributed by atoms with Crippen LogP contribution in [-0.2, 0) is 0 Å². The molecule has 0 fully saturated rings. The van der Waals surface area contributed by atoms with Crippen LogP contribution in [0.1, 0.15) is 25.0 Å². The second kappa shape index (κ2) is 5.00. The highest BCUT2D eigenvalue weighted by Crippen LogP contribution is 2.22. The molecule has 0 aliphatic carbocycles. The monoisotopic (exact) mass is 179 g/mol. The Bertz CT molecular complexity index is 231. The van der Waals surface area contributed by atoms with Crippen LogP contribution in [0.15, 0.2) is 30.3 Å². The highest BCUT2D eigenvalue weighted by atomic mass is 16.3. The molecule has 3 N–H and O–H groups in total. The molecule has 2 atom stereocenters. The highest BCUT2D eigenvalue weighted by Gasteiger charge is 2.16. The van der Waals surface area contributed by atoms with E-state index in [-0.39, 0.29) is 5.92 Å². The van der Waals surface area contributed by atoms with Crippen molar-refractivity contribution in [3.05, 3.63) is 35.9 Å². The molecule has 1 aromatic rings. The smallest absolute Gasteiger partial charge is 0.0830 e. The maximum absolute atomic E-state index is 9.90. The lowest BCUT2D eigenvalue weighted by Gasteiger charge is -2.19. The van der Waals surface area contributed by atoms with Crippen LogP contribution in [0.3, 0.4) is 0 Å². The minimum absolute atomic E-state index is 0.169. The zero-order valence-corrected chi connectivity index (χ0v) is 7.98. The third-order valence-electron chi connectivity index (χ3n) is 2.41. The van der Waals surface area contributed by atoms with Crippen LogP contribution >= 0.6 is 0 Å². The Balaban J connectivity index is 2.72. The van der Waals surface area contributed by atoms with Crippen molar-refractivity contribution in [2.75, 3.05) is 6.54 Å². The fraction of sp³-hybridized carbons (Fsp3) is 0.455. The van der Waals surface area contributed by atoms with Crippen molar-refractivity contribution in [2.45, 2.75) is 19.4 Å². The van der Waals surface area contributed by atoms with Crippen molar-refractivity contribution in [2.24, 2.45) is 11.7 Å². The van der Waals surface area contributed by atoms with Gasteiger partial charge in [0.15, 0.2) is 0 Å². The summed E-state index contributed by atoms with van der Waals surface area (Å²) in [6, 6.07) is 9.68. The van der Waals surface area contributed by atoms with Gasteiger partial charge >= 0.3 is 0 Å². The molecule has 72 valence electrons. The van der Waals surface area contributed by atoms with E-state index in [2.05, 4.69) is 0 Å². The first-order valence-corrected chi connectivity index (χ1v) is 4.72. The van der Waals surface area contributed by atoms with Gasteiger partial charge in [-0.3, -0.25) is 0 Å². The summed E-state index contributed by atoms with van der Waals surface area (Å²) in [7, 11) is 0. The number of benzene rings is 1. The Labute approximate surface area is 79.4 Å². The molecule has 0 saturated carbocycles. The molecule has 0 saturated heterocycles. The molecule has 0 heterocycles. The molecule has 1 aromatic carbocycles. The quantitative estimate of drug-likeness (QED) is 0.739. The average Bonchev–Trinajstić information content (AvgIpc) is 2.21. The summed E-state index contributed by atoms with van der Waals surface area (Å²) in [6.45, 7) is 2.58. The molecule has 0 aliphatic heterocycles. The number of aliphatic hydroxyl groups is 1. The Kier molecular flexibility index (Phi) is 3.93. The summed E-state index contributed by atoms with van der Waals surface area (Å²) in [6.07, 6.45) is 0.489. The SMILES string of the molecule is CC[C@@H](CN)[C@H](O)c1ccccc1. The normalized spacial score (nSPS) is 15.3. The largest absolute Gasteiger partial charge is 0.388 e. The van der Waals surface area contributed by atoms with Gasteiger partial charge in [-0.1, -0.05) is 37.3 Å². The van der Waals surface area contributed by atoms with E-state index in [0.29, 0.717) is 6.54 Å². The van der Waals surface area contributed by atoms with Gasteiger partial charge in [-0.05, 0) is 18.5 Å². The van der Waals surface area contributed by atoms with Gasteiger partial charge in [-0.2, -0.15) is 0 Å². The highest BCUT2D eigenvalue weighted by molar-refractivity contribution is 5.17. The second-order valence-electron chi connectivity index (χ2n) is 3.26. The number of rotatable bonds is 4. The second-order valence-corrected chi connectivity index (χ2v) is 3.26. The van der Waals surface area contributed by atoms with Crippen LogP contribution in [0.4, 0.5) is 0 Å². The summed E-state index contributed by atoms with van der Waals surface area (Å²) in [4.78, 5) is 0. The van der Waals surface area contributed by atoms with Crippen LogP contribution in [-0.4, -0.2) is 11.7 Å². The average molecular weight is 179 g/mol. The minimum atomic E-state index is -0.420. The van der Waals surface area contributed by atoms with Gasteiger partial charge in [0, 0.05) is 5.92 Å². The molecule has 0 spiro atoms. The van der Waals surface area contributed by atoms with Crippen LogP contribution < -0.4 is 5.73 Å². The van der Waals surface area contributed by atoms with E-state index in [9.17, 15) is 5.11 Å². The third kappa shape index (κ3) is 2.54. The van der Waals surface area contributed by atoms with Crippen LogP contribution in [0.25, 0.3) is 0 Å². The lowest BCUT2D eigenvalue weighted by Crippen LogP contribution is -2.21. The topological polar surface area (TPSA) is 46.2 Å². The molecule has 2 heteroatoms. The Morgan fingerprint density at radius 2 is 1.92 bits per heavy atom. The van der Waals surface area contributed by atoms with E-state index in [4.69, 9.17) is 5.73 Å². The molecule has 2 nitrogen and oxygen atoms in total. The van der Waals surface area contributed by atoms with E-state index in [0.717, 1.165) is 12.0 Å². The van der Waals surface area contributed by atoms with Crippen LogP contribution in [0.2, 0.25) is 0 Å². The lowest BCUT2D eigenvalue weighted by atomic mass is 9.94. The van der Waals surface area contributed by atoms with Crippen molar-refractivity contribution >= 4 is 0 Å². The number of hydrogen-bond acceptors (Lipinski definition) is 2. The van der Waals surface area contributed by atoms with Crippen molar-refractivity contribution in [1.29, 1.82) is 0 Å². The fourth-order valence-electron chi connectivity index (χ4n) is 1.44. The predicted molar refractivity (Wildman–Crippen MR) is 54.2 cm³/mol. The van der Waals surface area contributed by atoms with E-state index in [1.165, 1.54) is 0 Å². The van der Waals surface area contributed by atoms with Crippen LogP contribution in [0.5, 0.6) is 0 Å². The number of aliphatic hydroxyl groups excluding tert-OH is 1. The maximum atomic E-state index is 9.90. The van der Waals surface area contributed by atoms with Gasteiger partial charge in [0.1, 0.15) is 0 Å². The van der Waals surface area contributed by atoms with Gasteiger partial charge in [-0.15, -0.1) is 0 Å². The third-order valence-corrected chi connectivity index (χ3v) is 2.41. The minimum Gasteiger partial charge on any atom is -0.388 e. The molecule has 13 heavy (non-hydrogen) atoms. The Hall–Kier alpha value is -0.860. The van der Waals surface area contributed by atoms with Gasteiger partial charge in [-0.25, -0.2) is 0 Å². The summed E-state index contributed by atoms with van der Waals surface area (Å²) in [5, 5.41) is 9.90. The van der Waals surface area contributed by atoms with Gasteiger partial charge in [0.05, 0.1) is 6.10 Å². The van der Waals surface area contributed by atoms with Crippen molar-refractivity contribution < 1.29 is 5.11 Å². The Morgan fingerprint density at radius 3 is 2.38 bits per heavy atom. The van der Waals surface area contributed by atoms with Crippen molar-refractivity contribution in [1.82, 2.24) is 0 Å². The first-order valence-electron chi connectivity index (χ1n) is 4.72. The van der Waals surface area contributed by atoms with Gasteiger partial charge in [0.25, 0.3) is 0 Å². The molecule has 0 aromatic heterocycles. The van der Waals surface area contributed by atoms with E-state index < -0.39 is 6.10 Å². The summed E-state index contributed by atoms with van der Waals surface area (Å²) >= 11 is 0. The van der Waals surface area contributed by atoms with Gasteiger partial charge in [0.2, 0.25) is 0 Å². The molecule has 0 bridgehead atoms. The van der Waals surface area contributed by atoms with E-state index in [1.54, 1.807) is 0 Å². The zero-order valence-electron chi connectivity index (χ0n) is 7.98. The van der Waals surface area contributed by atoms with Gasteiger partial charge < -0.3 is 10.8 Å². The maximum Gasteiger partial charge on any atom is 0.0830 e. The number of hydrogen-bond donors (Lipinski definition) is 2. The summed E-state index contributed by atoms with van der Waals surface area (Å²) < 4.78 is 0. The number of nitrogens with two attached hydrogens (primary N) is 1. The first kappa shape index (κ1) is 10.2. The zero-order chi connectivity index (χ0) is 9.68. The summed E-state index contributed by atoms with van der Waals surface area (Å²) in [5.74, 6) is 0.169. The first-order chi connectivity index (χ1) is 6.29. The molecule has 0 radical (unpaired) electrons. The van der Waals surface area contributed by atoms with Crippen molar-refractivity contribution in [3.8, 4) is 0 Å². The van der Waals surface area contributed by atoms with Crippen molar-refractivity contribution in [3.63, 3.8) is 0 Å². The van der Waals surface area contributed by atoms with Crippen LogP contribution in [0, 0.1) is 5.92 Å². The standard InChI is InChI=1S/C11H17NO/c1-2-9(8-12)11(13)10-6-4-3-5-7-10/h3-7,9,11,13H,2,8,12H2,1H3/t9-,11-/m0/s1. The molecule has 0 unspecified atom stereocenters. The lowest BCUT2D eigenvalue weighted by molar-refractivity contribution is 0.110. The molecule has 1 rings (SSSR count). The molecular formula is C11H17NO. The van der Waals surface area contributed by atoms with E-state index in [1.807, 2.05) is 37.3 Å². The summed E-state index contributed by atoms with van der Waals surface area (Å²) in [5.41, 5.74) is 6.52. The predicted octanol–water partition coefficient (Wildman–Crippen LogP) is 1.70. The molecule has 0 amide bonds.